The molecule has 2 aromatic heterocycles. The number of nitrogens with one attached hydrogen (secondary N) is 1. The number of ether oxygens (including phenoxy) is 1. The minimum atomic E-state index is -0.500. The summed E-state index contributed by atoms with van der Waals surface area (Å²) in [5.41, 5.74) is 10.5. The zero-order valence-electron chi connectivity index (χ0n) is 27.0. The molecular formula is C35H43N7O4. The SMILES string of the molecule is Cc1cc(Nc2nccn3c(-c4ccc(OCC#CCN)cc4)cnc23)ccc1C(=O)N(C)CCC1CC[N+](C)(C)CC1.O=C[O-]. The fraction of sp³-hybridized carbons (Fsp3) is 0.371. The average Bonchev–Trinajstić information content (AvgIpc) is 3.48. The van der Waals surface area contributed by atoms with Crippen molar-refractivity contribution in [3.8, 4) is 28.8 Å². The number of benzene rings is 2. The van der Waals surface area contributed by atoms with Gasteiger partial charge in [0.25, 0.3) is 5.91 Å². The second-order valence-corrected chi connectivity index (χ2v) is 12.1. The summed E-state index contributed by atoms with van der Waals surface area (Å²) >= 11 is 0. The summed E-state index contributed by atoms with van der Waals surface area (Å²) in [6.07, 6.45) is 9.01. The fourth-order valence-electron chi connectivity index (χ4n) is 5.60. The zero-order chi connectivity index (χ0) is 33.1. The van der Waals surface area contributed by atoms with Crippen LogP contribution in [-0.2, 0) is 4.79 Å². The van der Waals surface area contributed by atoms with E-state index in [-0.39, 0.29) is 5.91 Å². The van der Waals surface area contributed by atoms with Crippen LogP contribution in [0, 0.1) is 24.7 Å². The number of hydrogen-bond acceptors (Lipinski definition) is 8. The van der Waals surface area contributed by atoms with Gasteiger partial charge in [0.15, 0.2) is 11.5 Å². The Hall–Kier alpha value is -4.92. The molecule has 1 amide bonds. The minimum absolute atomic E-state index is 0.0639. The van der Waals surface area contributed by atoms with Gasteiger partial charge in [0.2, 0.25) is 0 Å². The summed E-state index contributed by atoms with van der Waals surface area (Å²) in [5, 5.41) is 11.7. The Bertz CT molecular complexity index is 1680. The van der Waals surface area contributed by atoms with Crippen molar-refractivity contribution in [3.05, 3.63) is 72.2 Å². The zero-order valence-corrected chi connectivity index (χ0v) is 27.0. The maximum absolute atomic E-state index is 13.3. The number of aryl methyl sites for hydroxylation is 1. The number of carbonyl (C=O) groups excluding carboxylic acids is 2. The molecule has 46 heavy (non-hydrogen) atoms. The maximum atomic E-state index is 13.3. The summed E-state index contributed by atoms with van der Waals surface area (Å²) in [6, 6.07) is 13.6. The van der Waals surface area contributed by atoms with E-state index in [1.807, 2.05) is 78.1 Å². The number of imidazole rings is 1. The predicted octanol–water partition coefficient (Wildman–Crippen LogP) is 3.10. The molecule has 1 aliphatic heterocycles. The lowest BCUT2D eigenvalue weighted by atomic mass is 9.92. The van der Waals surface area contributed by atoms with E-state index in [1.165, 1.54) is 25.9 Å². The number of aromatic nitrogens is 3. The van der Waals surface area contributed by atoms with Gasteiger partial charge in [-0.25, -0.2) is 9.97 Å². The van der Waals surface area contributed by atoms with E-state index in [0.29, 0.717) is 30.5 Å². The Kier molecular flexibility index (Phi) is 11.7. The first kappa shape index (κ1) is 34.0. The van der Waals surface area contributed by atoms with Crippen molar-refractivity contribution in [1.29, 1.82) is 0 Å². The monoisotopic (exact) mass is 625 g/mol. The highest BCUT2D eigenvalue weighted by Gasteiger charge is 2.26. The first-order valence-corrected chi connectivity index (χ1v) is 15.4. The Morgan fingerprint density at radius 1 is 1.17 bits per heavy atom. The molecule has 3 N–H and O–H groups in total. The summed E-state index contributed by atoms with van der Waals surface area (Å²) in [6.45, 7) is 5.32. The number of carbonyl (C=O) groups is 2. The van der Waals surface area contributed by atoms with Crippen LogP contribution in [0.3, 0.4) is 0 Å². The number of anilines is 2. The first-order chi connectivity index (χ1) is 22.2. The van der Waals surface area contributed by atoms with Gasteiger partial charge in [-0.05, 0) is 80.1 Å². The lowest BCUT2D eigenvalue weighted by Gasteiger charge is -2.37. The second-order valence-electron chi connectivity index (χ2n) is 12.1. The molecule has 0 radical (unpaired) electrons. The topological polar surface area (TPSA) is 138 Å². The molecule has 0 bridgehead atoms. The molecule has 1 aliphatic rings. The van der Waals surface area contributed by atoms with Gasteiger partial charge in [-0.1, -0.05) is 11.8 Å². The van der Waals surface area contributed by atoms with Crippen LogP contribution >= 0.6 is 0 Å². The number of nitrogens with zero attached hydrogens (tertiary/aromatic N) is 5. The van der Waals surface area contributed by atoms with Crippen LogP contribution in [0.4, 0.5) is 11.5 Å². The number of carboxylic acid groups (broad SMARTS) is 1. The van der Waals surface area contributed by atoms with E-state index >= 15 is 0 Å². The van der Waals surface area contributed by atoms with E-state index < -0.39 is 6.47 Å². The molecule has 0 spiro atoms. The number of likely N-dealkylation sites (tertiary alicyclic amines) is 1. The number of hydrogen-bond donors (Lipinski definition) is 2. The lowest BCUT2D eigenvalue weighted by molar-refractivity contribution is -0.896. The van der Waals surface area contributed by atoms with E-state index in [4.69, 9.17) is 20.4 Å². The third-order valence-corrected chi connectivity index (χ3v) is 8.34. The Morgan fingerprint density at radius 3 is 2.57 bits per heavy atom. The van der Waals surface area contributed by atoms with Crippen molar-refractivity contribution >= 4 is 29.5 Å². The fourth-order valence-corrected chi connectivity index (χ4v) is 5.60. The van der Waals surface area contributed by atoms with Crippen molar-refractivity contribution in [3.63, 3.8) is 0 Å². The Balaban J connectivity index is 0.00000154. The van der Waals surface area contributed by atoms with E-state index in [0.717, 1.165) is 51.3 Å². The van der Waals surface area contributed by atoms with Crippen LogP contribution in [0.1, 0.15) is 35.2 Å². The molecule has 3 heterocycles. The minimum Gasteiger partial charge on any atom is -0.554 e. The number of piperidine rings is 1. The number of nitrogens with two attached hydrogens (primary N) is 1. The van der Waals surface area contributed by atoms with Crippen LogP contribution in [-0.4, -0.2) is 90.1 Å². The molecule has 1 saturated heterocycles. The van der Waals surface area contributed by atoms with Gasteiger partial charge < -0.3 is 35.1 Å². The van der Waals surface area contributed by atoms with Gasteiger partial charge in [0.1, 0.15) is 12.4 Å². The van der Waals surface area contributed by atoms with E-state index in [2.05, 4.69) is 41.2 Å². The van der Waals surface area contributed by atoms with Crippen molar-refractivity contribution in [2.75, 3.05) is 59.2 Å². The molecule has 242 valence electrons. The van der Waals surface area contributed by atoms with Crippen molar-refractivity contribution in [1.82, 2.24) is 19.3 Å². The summed E-state index contributed by atoms with van der Waals surface area (Å²) < 4.78 is 8.76. The normalized spacial score (nSPS) is 13.9. The Morgan fingerprint density at radius 2 is 1.89 bits per heavy atom. The molecule has 11 nitrogen and oxygen atoms in total. The number of amides is 1. The number of fused-ring (bicyclic) bond motifs is 1. The predicted molar refractivity (Wildman–Crippen MR) is 177 cm³/mol. The maximum Gasteiger partial charge on any atom is 0.253 e. The molecule has 1 fully saturated rings. The van der Waals surface area contributed by atoms with Crippen LogP contribution in [0.5, 0.6) is 5.75 Å². The molecule has 0 unspecified atom stereocenters. The summed E-state index contributed by atoms with van der Waals surface area (Å²) in [7, 11) is 6.52. The standard InChI is InChI=1S/C34H41N7O2.CH2O2/c1-25-23-28(9-12-30(25)34(42)39(2)18-13-26-14-20-41(3,4)21-15-26)38-32-33-37-24-31(40(33)19-17-36-32)27-7-10-29(11-8-27)43-22-6-5-16-35;2-1-3/h7-12,17,19,23-24,26H,13-16,18,20-22,35H2,1-4H3;1H,(H,2,3). The number of quaternary nitrogens is 1. The highest BCUT2D eigenvalue weighted by Crippen LogP contribution is 2.28. The van der Waals surface area contributed by atoms with Gasteiger partial charge >= 0.3 is 0 Å². The second kappa shape index (κ2) is 15.9. The van der Waals surface area contributed by atoms with Gasteiger partial charge in [0.05, 0.1) is 45.6 Å². The largest absolute Gasteiger partial charge is 0.554 e. The molecule has 5 rings (SSSR count). The molecular weight excluding hydrogens is 582 g/mol. The van der Waals surface area contributed by atoms with Crippen molar-refractivity contribution in [2.45, 2.75) is 26.2 Å². The van der Waals surface area contributed by atoms with Gasteiger partial charge in [-0.2, -0.15) is 0 Å². The van der Waals surface area contributed by atoms with Gasteiger partial charge in [0, 0.05) is 49.3 Å². The molecule has 0 aliphatic carbocycles. The smallest absolute Gasteiger partial charge is 0.253 e. The number of rotatable bonds is 9. The van der Waals surface area contributed by atoms with Crippen LogP contribution in [0.2, 0.25) is 0 Å². The van der Waals surface area contributed by atoms with E-state index in [1.54, 1.807) is 6.20 Å². The van der Waals surface area contributed by atoms with E-state index in [9.17, 15) is 4.79 Å². The average molecular weight is 626 g/mol. The molecule has 0 atom stereocenters. The molecule has 11 heteroatoms. The van der Waals surface area contributed by atoms with Crippen LogP contribution in [0.25, 0.3) is 16.9 Å². The van der Waals surface area contributed by atoms with Crippen molar-refractivity contribution in [2.24, 2.45) is 11.7 Å². The third kappa shape index (κ3) is 8.84. The highest BCUT2D eigenvalue weighted by atomic mass is 16.5. The van der Waals surface area contributed by atoms with Crippen LogP contribution < -0.4 is 20.9 Å². The highest BCUT2D eigenvalue weighted by molar-refractivity contribution is 5.96. The summed E-state index contributed by atoms with van der Waals surface area (Å²) in [5.74, 6) is 7.80. The quantitative estimate of drug-likeness (QED) is 0.165. The van der Waals surface area contributed by atoms with Gasteiger partial charge in [-0.15, -0.1) is 0 Å². The van der Waals surface area contributed by atoms with Crippen LogP contribution in [0.15, 0.2) is 61.1 Å². The van der Waals surface area contributed by atoms with Crippen molar-refractivity contribution < 1.29 is 23.9 Å². The summed E-state index contributed by atoms with van der Waals surface area (Å²) in [4.78, 5) is 32.6. The first-order valence-electron chi connectivity index (χ1n) is 15.4. The molecule has 2 aromatic carbocycles. The third-order valence-electron chi connectivity index (χ3n) is 8.34. The molecule has 0 saturated carbocycles. The molecule has 4 aromatic rings. The lowest BCUT2D eigenvalue weighted by Crippen LogP contribution is -2.46. The Labute approximate surface area is 270 Å². The van der Waals surface area contributed by atoms with Gasteiger partial charge in [-0.3, -0.25) is 9.20 Å².